The van der Waals surface area contributed by atoms with Gasteiger partial charge in [0, 0.05) is 37.3 Å². The molecule has 1 N–H and O–H groups in total. The summed E-state index contributed by atoms with van der Waals surface area (Å²) in [6.07, 6.45) is 5.57. The molecule has 0 bridgehead atoms. The number of esters is 1. The van der Waals surface area contributed by atoms with Gasteiger partial charge < -0.3 is 15.0 Å². The molecule has 0 aliphatic carbocycles. The molecule has 0 radical (unpaired) electrons. The molecule has 0 spiro atoms. The van der Waals surface area contributed by atoms with E-state index in [2.05, 4.69) is 35.9 Å². The van der Waals surface area contributed by atoms with Crippen LogP contribution >= 0.6 is 15.9 Å². The van der Waals surface area contributed by atoms with Crippen LogP contribution in [0.5, 0.6) is 0 Å². The van der Waals surface area contributed by atoms with Crippen LogP contribution in [0.2, 0.25) is 0 Å². The van der Waals surface area contributed by atoms with Crippen LogP contribution in [0, 0.1) is 0 Å². The predicted molar refractivity (Wildman–Crippen MR) is 136 cm³/mol. The normalized spacial score (nSPS) is 14.8. The van der Waals surface area contributed by atoms with Crippen molar-refractivity contribution in [1.29, 1.82) is 0 Å². The van der Waals surface area contributed by atoms with Crippen molar-refractivity contribution in [3.63, 3.8) is 0 Å². The lowest BCUT2D eigenvalue weighted by Gasteiger charge is -2.19. The number of aliphatic imine (C=N–C) groups is 1. The molecule has 0 unspecified atom stereocenters. The molecule has 1 heterocycles. The topological polar surface area (TPSA) is 74.2 Å². The van der Waals surface area contributed by atoms with Crippen LogP contribution in [-0.2, 0) is 14.3 Å². The summed E-state index contributed by atoms with van der Waals surface area (Å²) in [5.74, 6) is 0.185. The van der Waals surface area contributed by atoms with Crippen molar-refractivity contribution in [1.82, 2.24) is 10.2 Å². The van der Waals surface area contributed by atoms with Crippen LogP contribution in [0.3, 0.4) is 0 Å². The number of anilines is 1. The molecule has 0 atom stereocenters. The largest absolute Gasteiger partial charge is 0.468 e. The van der Waals surface area contributed by atoms with Gasteiger partial charge in [-0.1, -0.05) is 46.3 Å². The first-order valence-corrected chi connectivity index (χ1v) is 11.3. The summed E-state index contributed by atoms with van der Waals surface area (Å²) in [7, 11) is 5.08. The Balaban J connectivity index is 1.62. The molecule has 0 aromatic heterocycles. The van der Waals surface area contributed by atoms with Crippen LogP contribution in [0.1, 0.15) is 11.1 Å². The molecular weight excluding hydrogens is 484 g/mol. The molecule has 172 valence electrons. The van der Waals surface area contributed by atoms with Gasteiger partial charge in [-0.15, -0.1) is 0 Å². The van der Waals surface area contributed by atoms with E-state index in [1.807, 2.05) is 67.7 Å². The number of carbonyl (C=O) groups excluding carboxylic acids is 2. The third-order valence-electron chi connectivity index (χ3n) is 5.16. The van der Waals surface area contributed by atoms with Crippen LogP contribution in [0.4, 0.5) is 5.69 Å². The van der Waals surface area contributed by atoms with Crippen LogP contribution in [0.25, 0.3) is 12.2 Å². The maximum absolute atomic E-state index is 12.6. The summed E-state index contributed by atoms with van der Waals surface area (Å²) in [4.78, 5) is 31.9. The number of rotatable bonds is 9. The van der Waals surface area contributed by atoms with Gasteiger partial charge in [0.25, 0.3) is 5.91 Å². The SMILES string of the molecule is COC(=O)CNCCN(C)c1ccc(/C=C2N=C(/C=C/c3ccc(Br)cc3)N(C)C\2=O)cc1. The minimum atomic E-state index is -0.281. The van der Waals surface area contributed by atoms with Crippen molar-refractivity contribution in [2.24, 2.45) is 4.99 Å². The number of carbonyl (C=O) groups is 2. The van der Waals surface area contributed by atoms with Gasteiger partial charge in [-0.3, -0.25) is 14.5 Å². The average Bonchev–Trinajstić information content (AvgIpc) is 3.09. The van der Waals surface area contributed by atoms with E-state index >= 15 is 0 Å². The van der Waals surface area contributed by atoms with Crippen molar-refractivity contribution in [2.75, 3.05) is 45.7 Å². The molecule has 0 saturated carbocycles. The fourth-order valence-electron chi connectivity index (χ4n) is 3.13. The molecule has 1 aliphatic rings. The molecule has 3 rings (SSSR count). The average molecular weight is 511 g/mol. The second-order valence-electron chi connectivity index (χ2n) is 7.51. The van der Waals surface area contributed by atoms with Gasteiger partial charge in [0.2, 0.25) is 0 Å². The van der Waals surface area contributed by atoms with Crippen LogP contribution < -0.4 is 10.2 Å². The summed E-state index contributed by atoms with van der Waals surface area (Å²) in [5, 5.41) is 3.04. The van der Waals surface area contributed by atoms with Gasteiger partial charge >= 0.3 is 5.97 Å². The molecule has 7 nitrogen and oxygen atoms in total. The number of halogens is 1. The second-order valence-corrected chi connectivity index (χ2v) is 8.43. The Morgan fingerprint density at radius 2 is 1.79 bits per heavy atom. The molecule has 33 heavy (non-hydrogen) atoms. The zero-order chi connectivity index (χ0) is 23.8. The van der Waals surface area contributed by atoms with Gasteiger partial charge in [-0.2, -0.15) is 0 Å². The lowest BCUT2D eigenvalue weighted by atomic mass is 10.1. The Kier molecular flexibility index (Phi) is 8.57. The Labute approximate surface area is 202 Å². The summed E-state index contributed by atoms with van der Waals surface area (Å²) >= 11 is 3.42. The molecular formula is C25H27BrN4O3. The number of benzene rings is 2. The molecule has 2 aromatic carbocycles. The molecule has 0 fully saturated rings. The Bertz CT molecular complexity index is 1080. The van der Waals surface area contributed by atoms with Crippen LogP contribution in [0.15, 0.2) is 69.8 Å². The van der Waals surface area contributed by atoms with Crippen molar-refractivity contribution >= 4 is 51.5 Å². The summed E-state index contributed by atoms with van der Waals surface area (Å²) < 4.78 is 5.62. The number of methoxy groups -OCH3 is 1. The van der Waals surface area contributed by atoms with Gasteiger partial charge in [-0.25, -0.2) is 4.99 Å². The number of ether oxygens (including phenoxy) is 1. The Morgan fingerprint density at radius 3 is 2.45 bits per heavy atom. The summed E-state index contributed by atoms with van der Waals surface area (Å²) in [6, 6.07) is 15.8. The number of nitrogens with zero attached hydrogens (tertiary/aromatic N) is 3. The lowest BCUT2D eigenvalue weighted by molar-refractivity contribution is -0.139. The van der Waals surface area contributed by atoms with E-state index in [1.54, 1.807) is 18.0 Å². The highest BCUT2D eigenvalue weighted by Crippen LogP contribution is 2.20. The van der Waals surface area contributed by atoms with Crippen molar-refractivity contribution in [2.45, 2.75) is 0 Å². The number of amidine groups is 1. The van der Waals surface area contributed by atoms with Gasteiger partial charge in [-0.05, 0) is 47.5 Å². The smallest absolute Gasteiger partial charge is 0.319 e. The minimum absolute atomic E-state index is 0.136. The van der Waals surface area contributed by atoms with E-state index in [9.17, 15) is 9.59 Å². The molecule has 8 heteroatoms. The fourth-order valence-corrected chi connectivity index (χ4v) is 3.40. The van der Waals surface area contributed by atoms with Gasteiger partial charge in [0.15, 0.2) is 0 Å². The molecule has 1 amide bonds. The maximum atomic E-state index is 12.6. The van der Waals surface area contributed by atoms with Crippen molar-refractivity contribution in [3.8, 4) is 0 Å². The highest BCUT2D eigenvalue weighted by molar-refractivity contribution is 9.10. The minimum Gasteiger partial charge on any atom is -0.468 e. The van der Waals surface area contributed by atoms with Crippen LogP contribution in [-0.4, -0.2) is 63.5 Å². The standard InChI is InChI=1S/C25H27BrN4O3/c1-29(15-14-27-17-24(31)33-3)21-11-6-19(7-12-21)16-22-25(32)30(2)23(28-22)13-8-18-4-9-20(26)10-5-18/h4-13,16,27H,14-15,17H2,1-3H3/b13-8+,22-16-. The molecule has 0 saturated heterocycles. The zero-order valence-electron chi connectivity index (χ0n) is 18.9. The van der Waals surface area contributed by atoms with Gasteiger partial charge in [0.05, 0.1) is 13.7 Å². The second kappa shape index (κ2) is 11.6. The highest BCUT2D eigenvalue weighted by atomic mass is 79.9. The first-order chi connectivity index (χ1) is 15.9. The highest BCUT2D eigenvalue weighted by Gasteiger charge is 2.25. The molecule has 1 aliphatic heterocycles. The van der Waals surface area contributed by atoms with Crippen molar-refractivity contribution < 1.29 is 14.3 Å². The van der Waals surface area contributed by atoms with E-state index in [1.165, 1.54) is 7.11 Å². The monoisotopic (exact) mass is 510 g/mol. The number of likely N-dealkylation sites (N-methyl/N-ethyl adjacent to an activating group) is 2. The summed E-state index contributed by atoms with van der Waals surface area (Å²) in [5.41, 5.74) is 3.36. The van der Waals surface area contributed by atoms with E-state index in [-0.39, 0.29) is 18.4 Å². The fraction of sp³-hybridized carbons (Fsp3) is 0.240. The van der Waals surface area contributed by atoms with E-state index < -0.39 is 0 Å². The van der Waals surface area contributed by atoms with Gasteiger partial charge in [0.1, 0.15) is 11.5 Å². The van der Waals surface area contributed by atoms with E-state index in [0.29, 0.717) is 18.1 Å². The third-order valence-corrected chi connectivity index (χ3v) is 5.68. The lowest BCUT2D eigenvalue weighted by Crippen LogP contribution is -2.32. The predicted octanol–water partition coefficient (Wildman–Crippen LogP) is 3.57. The first kappa shape index (κ1) is 24.4. The molecule has 2 aromatic rings. The number of nitrogens with one attached hydrogen (secondary N) is 1. The first-order valence-electron chi connectivity index (χ1n) is 10.5. The third kappa shape index (κ3) is 6.87. The van der Waals surface area contributed by atoms with E-state index in [0.717, 1.165) is 27.8 Å². The van der Waals surface area contributed by atoms with Crippen molar-refractivity contribution in [3.05, 3.63) is 75.9 Å². The number of amides is 1. The Morgan fingerprint density at radius 1 is 1.12 bits per heavy atom. The van der Waals surface area contributed by atoms with E-state index in [4.69, 9.17) is 0 Å². The number of hydrogen-bond acceptors (Lipinski definition) is 6. The maximum Gasteiger partial charge on any atom is 0.319 e. The quantitative estimate of drug-likeness (QED) is 0.317. The number of hydrogen-bond donors (Lipinski definition) is 1. The Hall–Kier alpha value is -3.23. The summed E-state index contributed by atoms with van der Waals surface area (Å²) in [6.45, 7) is 1.59. The zero-order valence-corrected chi connectivity index (χ0v) is 20.5.